The van der Waals surface area contributed by atoms with Gasteiger partial charge in [0.05, 0.1) is 25.6 Å². The second-order valence-corrected chi connectivity index (χ2v) is 7.10. The number of rotatable bonds is 6. The maximum absolute atomic E-state index is 12.9. The van der Waals surface area contributed by atoms with Crippen LogP contribution in [0.2, 0.25) is 0 Å². The molecule has 0 unspecified atom stereocenters. The van der Waals surface area contributed by atoms with Gasteiger partial charge in [-0.3, -0.25) is 4.79 Å². The molecule has 8 heteroatoms. The van der Waals surface area contributed by atoms with Gasteiger partial charge in [0.2, 0.25) is 0 Å². The van der Waals surface area contributed by atoms with E-state index in [0.717, 1.165) is 23.4 Å². The summed E-state index contributed by atoms with van der Waals surface area (Å²) in [7, 11) is 3.12. The average molecular weight is 408 g/mol. The van der Waals surface area contributed by atoms with Crippen molar-refractivity contribution < 1.29 is 14.3 Å². The highest BCUT2D eigenvalue weighted by molar-refractivity contribution is 7.08. The highest BCUT2D eigenvalue weighted by Gasteiger charge is 2.16. The Labute approximate surface area is 171 Å². The van der Waals surface area contributed by atoms with Crippen molar-refractivity contribution in [3.05, 3.63) is 58.5 Å². The number of ether oxygens (including phenoxy) is 2. The van der Waals surface area contributed by atoms with Crippen molar-refractivity contribution in [2.75, 3.05) is 19.5 Å². The molecule has 0 aliphatic carbocycles. The number of anilines is 1. The van der Waals surface area contributed by atoms with Crippen LogP contribution < -0.4 is 14.8 Å². The molecule has 1 aromatic carbocycles. The van der Waals surface area contributed by atoms with Crippen LogP contribution in [0.3, 0.4) is 0 Å². The van der Waals surface area contributed by atoms with Crippen molar-refractivity contribution in [3.8, 4) is 22.8 Å². The molecule has 0 radical (unpaired) electrons. The summed E-state index contributed by atoms with van der Waals surface area (Å²) in [5.41, 5.74) is 4.29. The first-order valence-electron chi connectivity index (χ1n) is 9.08. The first-order valence-corrected chi connectivity index (χ1v) is 10.0. The Morgan fingerprint density at radius 2 is 2.03 bits per heavy atom. The SMILES string of the molecule is CCc1cc(C(=O)Nc2ccc(OC)cc2OC)nc2cc(-c3ccsc3)nn12. The molecule has 0 saturated carbocycles. The van der Waals surface area contributed by atoms with Gasteiger partial charge < -0.3 is 14.8 Å². The highest BCUT2D eigenvalue weighted by Crippen LogP contribution is 2.29. The van der Waals surface area contributed by atoms with Gasteiger partial charge in [-0.1, -0.05) is 6.92 Å². The summed E-state index contributed by atoms with van der Waals surface area (Å²) < 4.78 is 12.3. The Kier molecular flexibility index (Phi) is 5.18. The Bertz CT molecular complexity index is 1170. The van der Waals surface area contributed by atoms with Gasteiger partial charge >= 0.3 is 0 Å². The molecular weight excluding hydrogens is 388 g/mol. The number of aromatic nitrogens is 3. The summed E-state index contributed by atoms with van der Waals surface area (Å²) in [5.74, 6) is 0.843. The van der Waals surface area contributed by atoms with Crippen LogP contribution in [-0.4, -0.2) is 34.7 Å². The van der Waals surface area contributed by atoms with Crippen molar-refractivity contribution in [1.29, 1.82) is 0 Å². The predicted octanol–water partition coefficient (Wildman–Crippen LogP) is 4.29. The van der Waals surface area contributed by atoms with E-state index in [-0.39, 0.29) is 5.91 Å². The maximum Gasteiger partial charge on any atom is 0.274 e. The number of hydrogen-bond acceptors (Lipinski definition) is 6. The maximum atomic E-state index is 12.9. The molecule has 0 aliphatic heterocycles. The summed E-state index contributed by atoms with van der Waals surface area (Å²) in [6.07, 6.45) is 0.718. The first kappa shape index (κ1) is 18.9. The molecule has 0 fully saturated rings. The van der Waals surface area contributed by atoms with E-state index in [0.29, 0.717) is 28.5 Å². The zero-order chi connectivity index (χ0) is 20.4. The molecule has 1 N–H and O–H groups in total. The van der Waals surface area contributed by atoms with Crippen molar-refractivity contribution in [1.82, 2.24) is 14.6 Å². The van der Waals surface area contributed by atoms with Crippen LogP contribution in [0.25, 0.3) is 16.9 Å². The van der Waals surface area contributed by atoms with Crippen molar-refractivity contribution >= 4 is 28.6 Å². The van der Waals surface area contributed by atoms with Gasteiger partial charge in [-0.25, -0.2) is 9.50 Å². The second kappa shape index (κ2) is 7.92. The summed E-state index contributed by atoms with van der Waals surface area (Å²) in [4.78, 5) is 17.4. The lowest BCUT2D eigenvalue weighted by Crippen LogP contribution is -2.16. The Morgan fingerprint density at radius 1 is 1.17 bits per heavy atom. The number of hydrogen-bond donors (Lipinski definition) is 1. The molecule has 0 atom stereocenters. The standard InChI is InChI=1S/C21H20N4O3S/c1-4-14-9-18(21(26)23-16-6-5-15(27-2)10-19(16)28-3)22-20-11-17(24-25(14)20)13-7-8-29-12-13/h5-12H,4H2,1-3H3,(H,23,26). The summed E-state index contributed by atoms with van der Waals surface area (Å²) in [6.45, 7) is 2.02. The molecule has 4 aromatic rings. The van der Waals surface area contributed by atoms with Gasteiger partial charge in [0, 0.05) is 28.8 Å². The van der Waals surface area contributed by atoms with Gasteiger partial charge in [0.25, 0.3) is 5.91 Å². The molecule has 4 rings (SSSR count). The summed E-state index contributed by atoms with van der Waals surface area (Å²) in [5, 5.41) is 11.6. The molecule has 0 spiro atoms. The number of thiophene rings is 1. The number of benzene rings is 1. The quantitative estimate of drug-likeness (QED) is 0.515. The van der Waals surface area contributed by atoms with Crippen LogP contribution >= 0.6 is 11.3 Å². The second-order valence-electron chi connectivity index (χ2n) is 6.32. The third-order valence-corrected chi connectivity index (χ3v) is 5.25. The largest absolute Gasteiger partial charge is 0.497 e. The zero-order valence-electron chi connectivity index (χ0n) is 16.3. The van der Waals surface area contributed by atoms with Crippen LogP contribution in [0.4, 0.5) is 5.69 Å². The van der Waals surface area contributed by atoms with Crippen LogP contribution in [0, 0.1) is 0 Å². The van der Waals surface area contributed by atoms with Gasteiger partial charge in [0.15, 0.2) is 5.65 Å². The lowest BCUT2D eigenvalue weighted by atomic mass is 10.2. The fourth-order valence-corrected chi connectivity index (χ4v) is 3.69. The van der Waals surface area contributed by atoms with Crippen molar-refractivity contribution in [2.24, 2.45) is 0 Å². The minimum Gasteiger partial charge on any atom is -0.497 e. The van der Waals surface area contributed by atoms with Gasteiger partial charge in [-0.05, 0) is 36.1 Å². The third kappa shape index (κ3) is 3.66. The molecule has 3 heterocycles. The van der Waals surface area contributed by atoms with E-state index in [2.05, 4.69) is 15.4 Å². The fraction of sp³-hybridized carbons (Fsp3) is 0.190. The number of nitrogens with zero attached hydrogens (tertiary/aromatic N) is 3. The van der Waals surface area contributed by atoms with E-state index in [1.165, 1.54) is 0 Å². The van der Waals surface area contributed by atoms with E-state index in [9.17, 15) is 4.79 Å². The zero-order valence-corrected chi connectivity index (χ0v) is 17.1. The highest BCUT2D eigenvalue weighted by atomic mass is 32.1. The molecule has 1 amide bonds. The lowest BCUT2D eigenvalue weighted by Gasteiger charge is -2.12. The molecule has 0 saturated heterocycles. The number of aryl methyl sites for hydroxylation is 1. The van der Waals surface area contributed by atoms with Gasteiger partial charge in [0.1, 0.15) is 17.2 Å². The molecule has 0 aliphatic rings. The number of fused-ring (bicyclic) bond motifs is 1. The molecule has 7 nitrogen and oxygen atoms in total. The molecule has 148 valence electrons. The first-order chi connectivity index (χ1) is 14.1. The molecule has 29 heavy (non-hydrogen) atoms. The summed E-state index contributed by atoms with van der Waals surface area (Å²) >= 11 is 1.62. The van der Waals surface area contributed by atoms with Gasteiger partial charge in [-0.2, -0.15) is 16.4 Å². The van der Waals surface area contributed by atoms with Crippen LogP contribution in [0.5, 0.6) is 11.5 Å². The number of amides is 1. The van der Waals surface area contributed by atoms with Gasteiger partial charge in [-0.15, -0.1) is 0 Å². The molecule has 0 bridgehead atoms. The number of methoxy groups -OCH3 is 2. The minimum atomic E-state index is -0.316. The molecule has 3 aromatic heterocycles. The number of carbonyl (C=O) groups is 1. The number of nitrogens with one attached hydrogen (secondary N) is 1. The van der Waals surface area contributed by atoms with E-state index >= 15 is 0 Å². The van der Waals surface area contributed by atoms with E-state index in [1.54, 1.807) is 54.3 Å². The third-order valence-electron chi connectivity index (χ3n) is 4.57. The van der Waals surface area contributed by atoms with E-state index < -0.39 is 0 Å². The Balaban J connectivity index is 1.69. The number of carbonyl (C=O) groups excluding carboxylic acids is 1. The smallest absolute Gasteiger partial charge is 0.274 e. The van der Waals surface area contributed by atoms with Crippen LogP contribution in [0.15, 0.2) is 47.2 Å². The van der Waals surface area contributed by atoms with Crippen molar-refractivity contribution in [3.63, 3.8) is 0 Å². The fourth-order valence-electron chi connectivity index (χ4n) is 3.04. The topological polar surface area (TPSA) is 77.8 Å². The van der Waals surface area contributed by atoms with E-state index in [4.69, 9.17) is 9.47 Å². The predicted molar refractivity (Wildman–Crippen MR) is 113 cm³/mol. The monoisotopic (exact) mass is 408 g/mol. The van der Waals surface area contributed by atoms with Crippen molar-refractivity contribution in [2.45, 2.75) is 13.3 Å². The Hall–Kier alpha value is -3.39. The lowest BCUT2D eigenvalue weighted by molar-refractivity contribution is 0.102. The summed E-state index contributed by atoms with van der Waals surface area (Å²) in [6, 6.07) is 10.9. The average Bonchev–Trinajstić information content (AvgIpc) is 3.42. The van der Waals surface area contributed by atoms with Crippen LogP contribution in [0.1, 0.15) is 23.1 Å². The van der Waals surface area contributed by atoms with Crippen LogP contribution in [-0.2, 0) is 6.42 Å². The molecular formula is C21H20N4O3S. The van der Waals surface area contributed by atoms with E-state index in [1.807, 2.05) is 29.8 Å². The minimum absolute atomic E-state index is 0.316. The normalized spacial score (nSPS) is 10.9. The Morgan fingerprint density at radius 3 is 2.72 bits per heavy atom.